The van der Waals surface area contributed by atoms with Crippen LogP contribution >= 0.6 is 11.6 Å². The van der Waals surface area contributed by atoms with E-state index in [1.807, 2.05) is 28.8 Å². The Morgan fingerprint density at radius 2 is 1.61 bits per heavy atom. The summed E-state index contributed by atoms with van der Waals surface area (Å²) in [5, 5.41) is 8.34. The molecule has 0 unspecified atom stereocenters. The minimum atomic E-state index is 0.731. The smallest absolute Gasteiger partial charge is 0.165 e. The van der Waals surface area contributed by atoms with Crippen molar-refractivity contribution in [2.24, 2.45) is 0 Å². The van der Waals surface area contributed by atoms with E-state index in [1.165, 1.54) is 21.9 Å². The van der Waals surface area contributed by atoms with Gasteiger partial charge in [-0.05, 0) is 60.4 Å². The van der Waals surface area contributed by atoms with Gasteiger partial charge in [0.1, 0.15) is 5.82 Å². The van der Waals surface area contributed by atoms with Crippen LogP contribution in [0.2, 0.25) is 5.02 Å². The predicted molar refractivity (Wildman–Crippen MR) is 149 cm³/mol. The van der Waals surface area contributed by atoms with Crippen molar-refractivity contribution >= 4 is 33.8 Å². The van der Waals surface area contributed by atoms with Gasteiger partial charge in [-0.2, -0.15) is 9.61 Å². The lowest BCUT2D eigenvalue weighted by Crippen LogP contribution is -2.46. The number of rotatable bonds is 4. The molecule has 0 aliphatic carbocycles. The van der Waals surface area contributed by atoms with Crippen molar-refractivity contribution in [2.45, 2.75) is 27.3 Å². The maximum Gasteiger partial charge on any atom is 0.165 e. The monoisotopic (exact) mass is 495 g/mol. The van der Waals surface area contributed by atoms with E-state index in [1.54, 1.807) is 0 Å². The Hall–Kier alpha value is -3.41. The van der Waals surface area contributed by atoms with Gasteiger partial charge in [0.05, 0.1) is 5.69 Å². The summed E-state index contributed by atoms with van der Waals surface area (Å²) in [6.07, 6.45) is 0. The highest BCUT2D eigenvalue weighted by Crippen LogP contribution is 2.31. The lowest BCUT2D eigenvalue weighted by Gasteiger charge is -2.36. The van der Waals surface area contributed by atoms with Gasteiger partial charge in [0.15, 0.2) is 5.65 Å². The van der Waals surface area contributed by atoms with E-state index in [9.17, 15) is 0 Å². The second-order valence-electron chi connectivity index (χ2n) is 9.80. The summed E-state index contributed by atoms with van der Waals surface area (Å²) < 4.78 is 2.02. The third-order valence-corrected chi connectivity index (χ3v) is 7.61. The Morgan fingerprint density at radius 3 is 2.39 bits per heavy atom. The molecule has 0 bridgehead atoms. The van der Waals surface area contributed by atoms with Gasteiger partial charge in [0, 0.05) is 55.1 Å². The van der Waals surface area contributed by atoms with Crippen molar-refractivity contribution in [2.75, 3.05) is 31.1 Å². The van der Waals surface area contributed by atoms with Crippen molar-refractivity contribution in [1.82, 2.24) is 19.5 Å². The lowest BCUT2D eigenvalue weighted by molar-refractivity contribution is 0.249. The first-order valence-electron chi connectivity index (χ1n) is 12.6. The topological polar surface area (TPSA) is 36.7 Å². The van der Waals surface area contributed by atoms with E-state index in [4.69, 9.17) is 21.7 Å². The third kappa shape index (κ3) is 4.12. The molecule has 1 aliphatic rings. The van der Waals surface area contributed by atoms with E-state index in [0.717, 1.165) is 71.7 Å². The van der Waals surface area contributed by atoms with Gasteiger partial charge in [-0.15, -0.1) is 0 Å². The summed E-state index contributed by atoms with van der Waals surface area (Å²) in [6, 6.07) is 23.3. The van der Waals surface area contributed by atoms with Gasteiger partial charge in [0.2, 0.25) is 0 Å². The van der Waals surface area contributed by atoms with Gasteiger partial charge in [-0.3, -0.25) is 4.90 Å². The van der Waals surface area contributed by atoms with Crippen LogP contribution in [0.5, 0.6) is 0 Å². The maximum absolute atomic E-state index is 6.14. The molecule has 1 saturated heterocycles. The van der Waals surface area contributed by atoms with Crippen LogP contribution in [0.3, 0.4) is 0 Å². The summed E-state index contributed by atoms with van der Waals surface area (Å²) in [5.74, 6) is 1.11. The van der Waals surface area contributed by atoms with Crippen LogP contribution in [-0.2, 0) is 6.54 Å². The van der Waals surface area contributed by atoms with Crippen molar-refractivity contribution in [3.8, 4) is 11.1 Å². The molecule has 3 aromatic carbocycles. The summed E-state index contributed by atoms with van der Waals surface area (Å²) >= 11 is 6.14. The van der Waals surface area contributed by atoms with Crippen molar-refractivity contribution in [3.63, 3.8) is 0 Å². The zero-order valence-corrected chi connectivity index (χ0v) is 21.8. The molecule has 182 valence electrons. The molecule has 1 aliphatic heterocycles. The standard InChI is InChI=1S/C30H30ClN5/c1-20-8-9-23-6-4-5-7-26(23)27(20)19-34-14-16-35(17-15-34)28-18-21(2)32-30-29(22(3)33-36(28)30)24-10-12-25(31)13-11-24/h4-13,18H,14-17,19H2,1-3H3. The molecule has 1 fully saturated rings. The number of benzene rings is 3. The zero-order valence-electron chi connectivity index (χ0n) is 21.0. The largest absolute Gasteiger partial charge is 0.354 e. The van der Waals surface area contributed by atoms with Crippen LogP contribution in [0.15, 0.2) is 66.7 Å². The number of aryl methyl sites for hydroxylation is 3. The molecular formula is C30H30ClN5. The molecule has 3 heterocycles. The van der Waals surface area contributed by atoms with Gasteiger partial charge >= 0.3 is 0 Å². The zero-order chi connectivity index (χ0) is 24.8. The van der Waals surface area contributed by atoms with E-state index in [-0.39, 0.29) is 0 Å². The summed E-state index contributed by atoms with van der Waals surface area (Å²) in [4.78, 5) is 9.91. The molecule has 2 aromatic heterocycles. The number of halogens is 1. The Bertz CT molecular complexity index is 1560. The predicted octanol–water partition coefficient (Wildman–Crippen LogP) is 6.45. The van der Waals surface area contributed by atoms with Crippen LogP contribution in [0.4, 0.5) is 5.82 Å². The molecule has 0 N–H and O–H groups in total. The van der Waals surface area contributed by atoms with E-state index >= 15 is 0 Å². The van der Waals surface area contributed by atoms with Crippen molar-refractivity contribution in [1.29, 1.82) is 0 Å². The molecule has 0 amide bonds. The minimum Gasteiger partial charge on any atom is -0.354 e. The lowest BCUT2D eigenvalue weighted by atomic mass is 9.99. The molecule has 6 rings (SSSR count). The Kier molecular flexibility index (Phi) is 5.90. The Labute approximate surface area is 216 Å². The van der Waals surface area contributed by atoms with Crippen LogP contribution in [0.25, 0.3) is 27.5 Å². The molecule has 0 radical (unpaired) electrons. The van der Waals surface area contributed by atoms with Gasteiger partial charge in [0.25, 0.3) is 0 Å². The second-order valence-corrected chi connectivity index (χ2v) is 10.2. The van der Waals surface area contributed by atoms with E-state index in [0.29, 0.717) is 0 Å². The van der Waals surface area contributed by atoms with Crippen molar-refractivity contribution in [3.05, 3.63) is 94.3 Å². The first-order chi connectivity index (χ1) is 17.5. The maximum atomic E-state index is 6.14. The minimum absolute atomic E-state index is 0.731. The highest BCUT2D eigenvalue weighted by atomic mass is 35.5. The van der Waals surface area contributed by atoms with Crippen LogP contribution in [0.1, 0.15) is 22.5 Å². The highest BCUT2D eigenvalue weighted by molar-refractivity contribution is 6.30. The summed E-state index contributed by atoms with van der Waals surface area (Å²) in [7, 11) is 0. The Morgan fingerprint density at radius 1 is 0.861 bits per heavy atom. The molecule has 0 atom stereocenters. The third-order valence-electron chi connectivity index (χ3n) is 7.36. The summed E-state index contributed by atoms with van der Waals surface area (Å²) in [5.41, 5.74) is 7.85. The molecule has 0 spiro atoms. The van der Waals surface area contributed by atoms with E-state index < -0.39 is 0 Å². The molecular weight excluding hydrogens is 466 g/mol. The molecule has 0 saturated carbocycles. The van der Waals surface area contributed by atoms with E-state index in [2.05, 4.69) is 73.0 Å². The number of aromatic nitrogens is 3. The Balaban J connectivity index is 1.27. The normalized spacial score (nSPS) is 14.7. The van der Waals surface area contributed by atoms with Crippen LogP contribution in [0, 0.1) is 20.8 Å². The number of anilines is 1. The van der Waals surface area contributed by atoms with Gasteiger partial charge in [-0.1, -0.05) is 60.1 Å². The average Bonchev–Trinajstić information content (AvgIpc) is 3.22. The van der Waals surface area contributed by atoms with Crippen LogP contribution in [-0.4, -0.2) is 45.7 Å². The van der Waals surface area contributed by atoms with Gasteiger partial charge < -0.3 is 4.90 Å². The molecule has 5 aromatic rings. The fraction of sp³-hybridized carbons (Fsp3) is 0.267. The summed E-state index contributed by atoms with van der Waals surface area (Å²) in [6.45, 7) is 11.3. The average molecular weight is 496 g/mol. The molecule has 36 heavy (non-hydrogen) atoms. The number of fused-ring (bicyclic) bond motifs is 2. The molecule has 5 nitrogen and oxygen atoms in total. The SMILES string of the molecule is Cc1cc(N2CCN(Cc3c(C)ccc4ccccc34)CC2)n2nc(C)c(-c3ccc(Cl)cc3)c2n1. The first-order valence-corrected chi connectivity index (χ1v) is 12.9. The fourth-order valence-corrected chi connectivity index (χ4v) is 5.54. The highest BCUT2D eigenvalue weighted by Gasteiger charge is 2.23. The number of piperazine rings is 1. The molecule has 6 heteroatoms. The van der Waals surface area contributed by atoms with Crippen molar-refractivity contribution < 1.29 is 0 Å². The number of nitrogens with zero attached hydrogens (tertiary/aromatic N) is 5. The van der Waals surface area contributed by atoms with Crippen LogP contribution < -0.4 is 4.90 Å². The number of hydrogen-bond acceptors (Lipinski definition) is 4. The quantitative estimate of drug-likeness (QED) is 0.287. The first kappa shape index (κ1) is 23.0. The fourth-order valence-electron chi connectivity index (χ4n) is 5.42. The second kappa shape index (κ2) is 9.23. The number of hydrogen-bond donors (Lipinski definition) is 0. The van der Waals surface area contributed by atoms with Gasteiger partial charge in [-0.25, -0.2) is 4.98 Å².